The van der Waals surface area contributed by atoms with Gasteiger partial charge in [0.15, 0.2) is 0 Å². The SMILES string of the molecule is N#CC1=C(N)Oc2c(c(-c3ccncn3)nn2C2CC2)C1c1ccc(-n2ccnc2)cc1. The Balaban J connectivity index is 1.55. The highest BCUT2D eigenvalue weighted by Gasteiger charge is 2.40. The molecule has 0 radical (unpaired) electrons. The minimum absolute atomic E-state index is 0.111. The third-order valence-electron chi connectivity index (χ3n) is 5.82. The molecule has 1 unspecified atom stereocenters. The van der Waals surface area contributed by atoms with Crippen LogP contribution < -0.4 is 10.5 Å². The summed E-state index contributed by atoms with van der Waals surface area (Å²) in [6.45, 7) is 0. The smallest absolute Gasteiger partial charge is 0.225 e. The van der Waals surface area contributed by atoms with E-state index in [9.17, 15) is 5.26 Å². The second kappa shape index (κ2) is 7.06. The Morgan fingerprint density at radius 1 is 1.09 bits per heavy atom. The molecular formula is C23H18N8O. The van der Waals surface area contributed by atoms with Crippen molar-refractivity contribution >= 4 is 0 Å². The normalized spacial score (nSPS) is 17.5. The minimum Gasteiger partial charge on any atom is -0.422 e. The van der Waals surface area contributed by atoms with Gasteiger partial charge in [0, 0.05) is 24.3 Å². The molecule has 4 heterocycles. The summed E-state index contributed by atoms with van der Waals surface area (Å²) in [6.07, 6.45) is 10.6. The van der Waals surface area contributed by atoms with Gasteiger partial charge in [0.05, 0.1) is 29.5 Å². The van der Waals surface area contributed by atoms with Crippen LogP contribution in [-0.2, 0) is 0 Å². The predicted octanol–water partition coefficient (Wildman–Crippen LogP) is 3.08. The van der Waals surface area contributed by atoms with Gasteiger partial charge in [-0.2, -0.15) is 10.4 Å². The Labute approximate surface area is 183 Å². The highest BCUT2D eigenvalue weighted by atomic mass is 16.5. The molecule has 9 heteroatoms. The molecule has 0 saturated heterocycles. The number of hydrogen-bond acceptors (Lipinski definition) is 7. The van der Waals surface area contributed by atoms with Crippen LogP contribution in [0, 0.1) is 11.3 Å². The molecular weight excluding hydrogens is 404 g/mol. The minimum atomic E-state index is -0.418. The lowest BCUT2D eigenvalue weighted by molar-refractivity contribution is 0.347. The van der Waals surface area contributed by atoms with Gasteiger partial charge in [-0.3, -0.25) is 0 Å². The first-order valence-electron chi connectivity index (χ1n) is 10.3. The Morgan fingerprint density at radius 2 is 1.94 bits per heavy atom. The van der Waals surface area contributed by atoms with E-state index in [1.807, 2.05) is 45.8 Å². The van der Waals surface area contributed by atoms with Gasteiger partial charge in [-0.05, 0) is 36.6 Å². The van der Waals surface area contributed by atoms with Gasteiger partial charge in [0.2, 0.25) is 11.8 Å². The van der Waals surface area contributed by atoms with E-state index >= 15 is 0 Å². The number of nitrogens with two attached hydrogens (primary N) is 1. The first-order chi connectivity index (χ1) is 15.7. The first kappa shape index (κ1) is 18.3. The molecule has 2 N–H and O–H groups in total. The van der Waals surface area contributed by atoms with Crippen molar-refractivity contribution in [1.82, 2.24) is 29.3 Å². The van der Waals surface area contributed by atoms with E-state index in [-0.39, 0.29) is 11.9 Å². The lowest BCUT2D eigenvalue weighted by atomic mass is 9.83. The number of benzene rings is 1. The zero-order chi connectivity index (χ0) is 21.7. The number of hydrogen-bond donors (Lipinski definition) is 1. The second-order valence-electron chi connectivity index (χ2n) is 7.82. The van der Waals surface area contributed by atoms with Crippen molar-refractivity contribution < 1.29 is 4.74 Å². The fourth-order valence-electron chi connectivity index (χ4n) is 4.13. The van der Waals surface area contributed by atoms with Crippen molar-refractivity contribution in [1.29, 1.82) is 5.26 Å². The molecule has 1 atom stereocenters. The zero-order valence-corrected chi connectivity index (χ0v) is 17.0. The number of nitrogens with zero attached hydrogens (tertiary/aromatic N) is 7. The Bertz CT molecular complexity index is 1360. The quantitative estimate of drug-likeness (QED) is 0.536. The maximum atomic E-state index is 9.98. The number of fused-ring (bicyclic) bond motifs is 1. The maximum absolute atomic E-state index is 9.98. The molecule has 156 valence electrons. The molecule has 0 spiro atoms. The van der Waals surface area contributed by atoms with Crippen LogP contribution in [0.3, 0.4) is 0 Å². The molecule has 6 rings (SSSR count). The highest BCUT2D eigenvalue weighted by molar-refractivity contribution is 5.69. The van der Waals surface area contributed by atoms with E-state index in [4.69, 9.17) is 15.6 Å². The number of ether oxygens (including phenoxy) is 1. The van der Waals surface area contributed by atoms with E-state index < -0.39 is 5.92 Å². The highest BCUT2D eigenvalue weighted by Crippen LogP contribution is 2.50. The van der Waals surface area contributed by atoms with Crippen molar-refractivity contribution in [3.8, 4) is 29.0 Å². The van der Waals surface area contributed by atoms with Crippen LogP contribution in [0.25, 0.3) is 17.1 Å². The average Bonchev–Trinajstić information content (AvgIpc) is 3.39. The summed E-state index contributed by atoms with van der Waals surface area (Å²) in [7, 11) is 0. The largest absolute Gasteiger partial charge is 0.422 e. The standard InChI is InChI=1S/C23H18N8O/c24-11-17-19(14-1-3-15(4-2-14)30-10-9-27-13-30)20-21(18-7-8-26-12-28-18)29-31(16-5-6-16)23(20)32-22(17)25/h1-4,7-10,12-13,16,19H,5-6,25H2. The predicted molar refractivity (Wildman–Crippen MR) is 114 cm³/mol. The molecule has 1 saturated carbocycles. The Morgan fingerprint density at radius 3 is 2.59 bits per heavy atom. The summed E-state index contributed by atoms with van der Waals surface area (Å²) < 4.78 is 9.80. The van der Waals surface area contributed by atoms with Crippen molar-refractivity contribution in [3.05, 3.63) is 84.2 Å². The average molecular weight is 422 g/mol. The summed E-state index contributed by atoms with van der Waals surface area (Å²) >= 11 is 0. The summed E-state index contributed by atoms with van der Waals surface area (Å²) in [5, 5.41) is 14.8. The van der Waals surface area contributed by atoms with Gasteiger partial charge < -0.3 is 15.0 Å². The van der Waals surface area contributed by atoms with Crippen LogP contribution in [0.1, 0.15) is 35.9 Å². The fourth-order valence-corrected chi connectivity index (χ4v) is 4.13. The molecule has 0 bridgehead atoms. The summed E-state index contributed by atoms with van der Waals surface area (Å²) in [6, 6.07) is 12.3. The van der Waals surface area contributed by atoms with Crippen molar-refractivity contribution in [2.24, 2.45) is 5.73 Å². The van der Waals surface area contributed by atoms with Gasteiger partial charge in [0.1, 0.15) is 23.7 Å². The Kier molecular flexibility index (Phi) is 4.04. The van der Waals surface area contributed by atoms with Crippen molar-refractivity contribution in [3.63, 3.8) is 0 Å². The van der Waals surface area contributed by atoms with Crippen LogP contribution in [0.5, 0.6) is 5.88 Å². The van der Waals surface area contributed by atoms with E-state index in [2.05, 4.69) is 21.0 Å². The summed E-state index contributed by atoms with van der Waals surface area (Å²) in [4.78, 5) is 12.5. The number of aromatic nitrogens is 6. The van der Waals surface area contributed by atoms with Crippen LogP contribution in [0.15, 0.2) is 73.0 Å². The molecule has 1 fully saturated rings. The third-order valence-corrected chi connectivity index (χ3v) is 5.82. The van der Waals surface area contributed by atoms with E-state index in [0.717, 1.165) is 29.7 Å². The van der Waals surface area contributed by atoms with Gasteiger partial charge in [-0.1, -0.05) is 12.1 Å². The third kappa shape index (κ3) is 2.85. The summed E-state index contributed by atoms with van der Waals surface area (Å²) in [5.41, 5.74) is 10.6. The molecule has 0 amide bonds. The molecule has 1 aliphatic carbocycles. The maximum Gasteiger partial charge on any atom is 0.225 e. The van der Waals surface area contributed by atoms with E-state index in [1.165, 1.54) is 6.33 Å². The summed E-state index contributed by atoms with van der Waals surface area (Å²) in [5.74, 6) is 0.277. The van der Waals surface area contributed by atoms with Crippen LogP contribution in [0.2, 0.25) is 0 Å². The molecule has 1 aliphatic heterocycles. The lowest BCUT2D eigenvalue weighted by Crippen LogP contribution is -2.22. The Hall–Kier alpha value is -4.45. The zero-order valence-electron chi connectivity index (χ0n) is 17.0. The van der Waals surface area contributed by atoms with Crippen LogP contribution in [-0.4, -0.2) is 29.3 Å². The fraction of sp³-hybridized carbons (Fsp3) is 0.174. The molecule has 1 aromatic carbocycles. The molecule has 2 aliphatic rings. The molecule has 9 nitrogen and oxygen atoms in total. The van der Waals surface area contributed by atoms with Gasteiger partial charge in [0.25, 0.3) is 0 Å². The van der Waals surface area contributed by atoms with E-state index in [1.54, 1.807) is 18.7 Å². The molecule has 4 aromatic rings. The van der Waals surface area contributed by atoms with Crippen LogP contribution >= 0.6 is 0 Å². The van der Waals surface area contributed by atoms with Gasteiger partial charge in [-0.25, -0.2) is 19.6 Å². The first-order valence-corrected chi connectivity index (χ1v) is 10.3. The number of imidazole rings is 1. The monoisotopic (exact) mass is 422 g/mol. The topological polar surface area (TPSA) is 120 Å². The molecule has 3 aromatic heterocycles. The van der Waals surface area contributed by atoms with Gasteiger partial charge in [-0.15, -0.1) is 0 Å². The lowest BCUT2D eigenvalue weighted by Gasteiger charge is -2.25. The van der Waals surface area contributed by atoms with Gasteiger partial charge >= 0.3 is 0 Å². The number of nitriles is 1. The number of rotatable bonds is 4. The van der Waals surface area contributed by atoms with Crippen molar-refractivity contribution in [2.45, 2.75) is 24.8 Å². The van der Waals surface area contributed by atoms with Crippen molar-refractivity contribution in [2.75, 3.05) is 0 Å². The second-order valence-corrected chi connectivity index (χ2v) is 7.82. The van der Waals surface area contributed by atoms with E-state index in [0.29, 0.717) is 22.8 Å². The number of allylic oxidation sites excluding steroid dienone is 1. The molecule has 32 heavy (non-hydrogen) atoms. The van der Waals surface area contributed by atoms with Crippen LogP contribution in [0.4, 0.5) is 0 Å².